The number of hydrogen-bond donors (Lipinski definition) is 0. The van der Waals surface area contributed by atoms with Crippen LogP contribution in [0.15, 0.2) is 48.7 Å². The molecule has 0 spiro atoms. The average molecular weight is 417 g/mol. The molecule has 3 rings (SSSR count). The minimum absolute atomic E-state index is 0.0620. The molecule has 0 saturated carbocycles. The molecule has 0 unspecified atom stereocenters. The Morgan fingerprint density at radius 1 is 1.14 bits per heavy atom. The van der Waals surface area contributed by atoms with E-state index < -0.39 is 0 Å². The van der Waals surface area contributed by atoms with Gasteiger partial charge in [0.15, 0.2) is 11.5 Å². The highest BCUT2D eigenvalue weighted by atomic mass is 35.5. The Balaban J connectivity index is 1.80. The number of benzene rings is 2. The Kier molecular flexibility index (Phi) is 6.54. The second-order valence-electron chi connectivity index (χ2n) is 6.02. The number of methoxy groups -OCH3 is 2. The van der Waals surface area contributed by atoms with Crippen molar-refractivity contribution in [1.29, 1.82) is 0 Å². The van der Waals surface area contributed by atoms with Crippen LogP contribution >= 0.6 is 22.9 Å². The summed E-state index contributed by atoms with van der Waals surface area (Å²) < 4.78 is 10.6. The second kappa shape index (κ2) is 9.08. The Labute approximate surface area is 173 Å². The van der Waals surface area contributed by atoms with Crippen molar-refractivity contribution < 1.29 is 14.3 Å². The standard InChI is InChI=1S/C21H21ClN2O3S/c1-4-24(13-14-9-10-17(26-2)18(11-14)27-3)21(25)19-12-23-20(28-19)15-7-5-6-8-16(15)22/h5-12H,4,13H2,1-3H3. The third-order valence-electron chi connectivity index (χ3n) is 4.31. The molecule has 0 aliphatic heterocycles. The third kappa shape index (κ3) is 4.29. The van der Waals surface area contributed by atoms with Crippen LogP contribution in [0.25, 0.3) is 10.6 Å². The Morgan fingerprint density at radius 3 is 2.57 bits per heavy atom. The van der Waals surface area contributed by atoms with Crippen LogP contribution in [0, 0.1) is 0 Å². The number of halogens is 1. The molecule has 28 heavy (non-hydrogen) atoms. The predicted octanol–water partition coefficient (Wildman–Crippen LogP) is 5.14. The molecule has 0 N–H and O–H groups in total. The molecular formula is C21H21ClN2O3S. The first-order valence-electron chi connectivity index (χ1n) is 8.78. The fourth-order valence-corrected chi connectivity index (χ4v) is 4.02. The maximum Gasteiger partial charge on any atom is 0.265 e. The molecule has 0 saturated heterocycles. The van der Waals surface area contributed by atoms with Crippen LogP contribution in [0.1, 0.15) is 22.2 Å². The molecule has 3 aromatic rings. The van der Waals surface area contributed by atoms with Gasteiger partial charge in [-0.1, -0.05) is 35.9 Å². The van der Waals surface area contributed by atoms with E-state index in [-0.39, 0.29) is 5.91 Å². The van der Waals surface area contributed by atoms with Crippen LogP contribution in [-0.2, 0) is 6.54 Å². The minimum atomic E-state index is -0.0620. The number of aromatic nitrogens is 1. The largest absolute Gasteiger partial charge is 0.493 e. The van der Waals surface area contributed by atoms with Gasteiger partial charge in [0.25, 0.3) is 5.91 Å². The first kappa shape index (κ1) is 20.2. The summed E-state index contributed by atoms with van der Waals surface area (Å²) in [5.74, 6) is 1.24. The Hall–Kier alpha value is -2.57. The first-order chi connectivity index (χ1) is 13.6. The van der Waals surface area contributed by atoms with Crippen LogP contribution < -0.4 is 9.47 Å². The van der Waals surface area contributed by atoms with Crippen molar-refractivity contribution in [2.75, 3.05) is 20.8 Å². The summed E-state index contributed by atoms with van der Waals surface area (Å²) >= 11 is 7.59. The summed E-state index contributed by atoms with van der Waals surface area (Å²) in [4.78, 5) is 19.7. The molecule has 0 radical (unpaired) electrons. The van der Waals surface area contributed by atoms with E-state index in [4.69, 9.17) is 21.1 Å². The van der Waals surface area contributed by atoms with E-state index in [1.165, 1.54) is 11.3 Å². The number of nitrogens with zero attached hydrogens (tertiary/aromatic N) is 2. The number of thiazole rings is 1. The first-order valence-corrected chi connectivity index (χ1v) is 9.97. The van der Waals surface area contributed by atoms with Crippen molar-refractivity contribution >= 4 is 28.8 Å². The molecule has 2 aromatic carbocycles. The summed E-state index contributed by atoms with van der Waals surface area (Å²) in [6.07, 6.45) is 1.61. The van der Waals surface area contributed by atoms with Crippen molar-refractivity contribution in [3.05, 3.63) is 64.1 Å². The van der Waals surface area contributed by atoms with Crippen LogP contribution in [0.3, 0.4) is 0 Å². The maximum atomic E-state index is 13.0. The quantitative estimate of drug-likeness (QED) is 0.535. The van der Waals surface area contributed by atoms with Crippen LogP contribution in [-0.4, -0.2) is 36.6 Å². The fraction of sp³-hybridized carbons (Fsp3) is 0.238. The van der Waals surface area contributed by atoms with Gasteiger partial charge >= 0.3 is 0 Å². The molecule has 0 aliphatic rings. The monoisotopic (exact) mass is 416 g/mol. The Morgan fingerprint density at radius 2 is 1.89 bits per heavy atom. The van der Waals surface area contributed by atoms with Crippen molar-refractivity contribution in [3.63, 3.8) is 0 Å². The molecule has 1 aromatic heterocycles. The normalized spacial score (nSPS) is 10.6. The van der Waals surface area contributed by atoms with E-state index in [1.54, 1.807) is 25.3 Å². The molecule has 0 bridgehead atoms. The zero-order chi connectivity index (χ0) is 20.1. The predicted molar refractivity (Wildman–Crippen MR) is 113 cm³/mol. The van der Waals surface area contributed by atoms with Crippen molar-refractivity contribution in [2.45, 2.75) is 13.5 Å². The lowest BCUT2D eigenvalue weighted by Gasteiger charge is -2.20. The van der Waals surface area contributed by atoms with Gasteiger partial charge in [-0.05, 0) is 30.7 Å². The van der Waals surface area contributed by atoms with Gasteiger partial charge < -0.3 is 14.4 Å². The van der Waals surface area contributed by atoms with Gasteiger partial charge in [-0.3, -0.25) is 4.79 Å². The van der Waals surface area contributed by atoms with Crippen LogP contribution in [0.5, 0.6) is 11.5 Å². The van der Waals surface area contributed by atoms with Crippen molar-refractivity contribution in [3.8, 4) is 22.1 Å². The average Bonchev–Trinajstić information content (AvgIpc) is 3.21. The number of amides is 1. The highest BCUT2D eigenvalue weighted by molar-refractivity contribution is 7.17. The highest BCUT2D eigenvalue weighted by Gasteiger charge is 2.19. The molecule has 0 fully saturated rings. The summed E-state index contributed by atoms with van der Waals surface area (Å²) in [5.41, 5.74) is 1.79. The lowest BCUT2D eigenvalue weighted by molar-refractivity contribution is 0.0757. The van der Waals surface area contributed by atoms with E-state index in [0.717, 1.165) is 16.1 Å². The van der Waals surface area contributed by atoms with Crippen molar-refractivity contribution in [1.82, 2.24) is 9.88 Å². The Bertz CT molecular complexity index is 974. The van der Waals surface area contributed by atoms with Gasteiger partial charge in [-0.15, -0.1) is 11.3 Å². The zero-order valence-electron chi connectivity index (χ0n) is 15.9. The van der Waals surface area contributed by atoms with Gasteiger partial charge in [-0.2, -0.15) is 0 Å². The number of carbonyl (C=O) groups is 1. The molecule has 5 nitrogen and oxygen atoms in total. The van der Waals surface area contributed by atoms with Crippen molar-refractivity contribution in [2.24, 2.45) is 0 Å². The van der Waals surface area contributed by atoms with E-state index in [0.29, 0.717) is 34.5 Å². The van der Waals surface area contributed by atoms with Gasteiger partial charge in [0, 0.05) is 18.7 Å². The minimum Gasteiger partial charge on any atom is -0.493 e. The maximum absolute atomic E-state index is 13.0. The summed E-state index contributed by atoms with van der Waals surface area (Å²) in [7, 11) is 3.19. The lowest BCUT2D eigenvalue weighted by atomic mass is 10.2. The van der Waals surface area contributed by atoms with Crippen LogP contribution in [0.2, 0.25) is 5.02 Å². The molecule has 146 valence electrons. The van der Waals surface area contributed by atoms with Gasteiger partial charge in [0.05, 0.1) is 25.4 Å². The van der Waals surface area contributed by atoms with Gasteiger partial charge in [0.2, 0.25) is 0 Å². The van der Waals surface area contributed by atoms with E-state index in [2.05, 4.69) is 4.98 Å². The number of carbonyl (C=O) groups excluding carboxylic acids is 1. The lowest BCUT2D eigenvalue weighted by Crippen LogP contribution is -2.29. The second-order valence-corrected chi connectivity index (χ2v) is 7.46. The molecule has 0 aliphatic carbocycles. The SMILES string of the molecule is CCN(Cc1ccc(OC)c(OC)c1)C(=O)c1cnc(-c2ccccc2Cl)s1. The zero-order valence-corrected chi connectivity index (χ0v) is 17.5. The number of rotatable bonds is 7. The van der Waals surface area contributed by atoms with E-state index in [1.807, 2.05) is 49.4 Å². The summed E-state index contributed by atoms with van der Waals surface area (Å²) in [6, 6.07) is 13.1. The molecule has 1 amide bonds. The van der Waals surface area contributed by atoms with E-state index in [9.17, 15) is 4.79 Å². The van der Waals surface area contributed by atoms with Gasteiger partial charge in [-0.25, -0.2) is 4.98 Å². The van der Waals surface area contributed by atoms with Crippen LogP contribution in [0.4, 0.5) is 0 Å². The topological polar surface area (TPSA) is 51.7 Å². The summed E-state index contributed by atoms with van der Waals surface area (Å²) in [6.45, 7) is 3.00. The smallest absolute Gasteiger partial charge is 0.265 e. The molecule has 1 heterocycles. The molecular weight excluding hydrogens is 396 g/mol. The fourth-order valence-electron chi connectivity index (χ4n) is 2.81. The molecule has 7 heteroatoms. The highest BCUT2D eigenvalue weighted by Crippen LogP contribution is 2.32. The van der Waals surface area contributed by atoms with Gasteiger partial charge in [0.1, 0.15) is 9.88 Å². The molecule has 0 atom stereocenters. The van der Waals surface area contributed by atoms with E-state index >= 15 is 0 Å². The third-order valence-corrected chi connectivity index (χ3v) is 5.66. The summed E-state index contributed by atoms with van der Waals surface area (Å²) in [5, 5.41) is 1.35. The number of hydrogen-bond acceptors (Lipinski definition) is 5. The number of ether oxygens (including phenoxy) is 2.